The minimum Gasteiger partial charge on any atom is -0.466 e. The van der Waals surface area contributed by atoms with Crippen molar-refractivity contribution in [2.75, 3.05) is 0 Å². The predicted octanol–water partition coefficient (Wildman–Crippen LogP) is 1.41. The second kappa shape index (κ2) is 10.4. The van der Waals surface area contributed by atoms with Crippen molar-refractivity contribution in [2.24, 2.45) is 0 Å². The summed E-state index contributed by atoms with van der Waals surface area (Å²) in [6, 6.07) is 1.36. The Morgan fingerprint density at radius 3 is 2.36 bits per heavy atom. The zero-order valence-corrected chi connectivity index (χ0v) is 11.1. The molecule has 0 heterocycles. The van der Waals surface area contributed by atoms with Gasteiger partial charge in [0, 0.05) is 0 Å². The molecule has 3 heteroatoms. The summed E-state index contributed by atoms with van der Waals surface area (Å²) in [5.74, 6) is 0. The van der Waals surface area contributed by atoms with Crippen LogP contribution < -0.4 is 0 Å². The Morgan fingerprint density at radius 2 is 1.73 bits per heavy atom. The number of hydrogen-bond acceptors (Lipinski definition) is 1. The predicted molar refractivity (Wildman–Crippen MR) is 56.4 cm³/mol. The average Bonchev–Trinajstić information content (AvgIpc) is 2.03. The quantitative estimate of drug-likeness (QED) is 0.414. The highest BCUT2D eigenvalue weighted by molar-refractivity contribution is 6.34. The summed E-state index contributed by atoms with van der Waals surface area (Å²) in [4.78, 5) is 0. The molecule has 0 aromatic carbocycles. The van der Waals surface area contributed by atoms with Crippen LogP contribution in [0.1, 0.15) is 45.4 Å². The Balaban J connectivity index is 2.69. The van der Waals surface area contributed by atoms with Crippen molar-refractivity contribution < 1.29 is 4.12 Å². The van der Waals surface area contributed by atoms with Crippen molar-refractivity contribution in [3.05, 3.63) is 0 Å². The molecule has 0 spiro atoms. The molecule has 0 saturated carbocycles. The van der Waals surface area contributed by atoms with E-state index in [1.165, 1.54) is 44.6 Å². The van der Waals surface area contributed by atoms with Crippen molar-refractivity contribution in [3.63, 3.8) is 0 Å². The number of hydrogen-bond donors (Lipinski definition) is 0. The van der Waals surface area contributed by atoms with Gasteiger partial charge in [0.2, 0.25) is 0 Å². The SMILES string of the molecule is CCCCCCCC[SiH]O[SiH3]. The molecule has 0 aromatic heterocycles. The molecule has 1 radical (unpaired) electrons. The maximum Gasteiger partial charge on any atom is 0.177 e. The van der Waals surface area contributed by atoms with Gasteiger partial charge in [0.25, 0.3) is 0 Å². The van der Waals surface area contributed by atoms with E-state index in [4.69, 9.17) is 4.12 Å². The fourth-order valence-corrected chi connectivity index (χ4v) is 2.52. The second-order valence-corrected chi connectivity index (χ2v) is 5.76. The largest absolute Gasteiger partial charge is 0.466 e. The highest BCUT2D eigenvalue weighted by Crippen LogP contribution is 2.06. The van der Waals surface area contributed by atoms with Crippen molar-refractivity contribution in [1.29, 1.82) is 0 Å². The molecule has 0 saturated heterocycles. The van der Waals surface area contributed by atoms with Gasteiger partial charge < -0.3 is 4.12 Å². The third-order valence-electron chi connectivity index (χ3n) is 1.84. The molecule has 0 aliphatic rings. The lowest BCUT2D eigenvalue weighted by Crippen LogP contribution is -1.93. The Kier molecular flexibility index (Phi) is 10.8. The Labute approximate surface area is 76.4 Å². The van der Waals surface area contributed by atoms with Crippen molar-refractivity contribution in [1.82, 2.24) is 0 Å². The van der Waals surface area contributed by atoms with Crippen LogP contribution in [0.2, 0.25) is 6.04 Å². The second-order valence-electron chi connectivity index (χ2n) is 2.96. The lowest BCUT2D eigenvalue weighted by molar-refractivity contribution is 0.608. The molecule has 0 N–H and O–H groups in total. The lowest BCUT2D eigenvalue weighted by Gasteiger charge is -1.98. The minimum atomic E-state index is 0.366. The molecule has 0 aliphatic carbocycles. The molecule has 0 unspecified atom stereocenters. The molecule has 0 rings (SSSR count). The van der Waals surface area contributed by atoms with E-state index in [-0.39, 0.29) is 0 Å². The van der Waals surface area contributed by atoms with E-state index in [0.29, 0.717) is 9.76 Å². The maximum absolute atomic E-state index is 5.19. The first-order valence-electron chi connectivity index (χ1n) is 4.76. The summed E-state index contributed by atoms with van der Waals surface area (Å²) >= 11 is 0. The van der Waals surface area contributed by atoms with Crippen LogP contribution >= 0.6 is 0 Å². The molecule has 0 atom stereocenters. The number of rotatable bonds is 8. The van der Waals surface area contributed by atoms with Crippen molar-refractivity contribution in [2.45, 2.75) is 51.5 Å². The van der Waals surface area contributed by atoms with Gasteiger partial charge in [0.15, 0.2) is 9.76 Å². The topological polar surface area (TPSA) is 9.23 Å². The average molecular weight is 189 g/mol. The third kappa shape index (κ3) is 10.4. The highest BCUT2D eigenvalue weighted by atomic mass is 28.3. The van der Waals surface area contributed by atoms with E-state index in [9.17, 15) is 0 Å². The molecular weight excluding hydrogens is 168 g/mol. The molecule has 67 valence electrons. The lowest BCUT2D eigenvalue weighted by atomic mass is 10.1. The van der Waals surface area contributed by atoms with E-state index in [1.54, 1.807) is 0 Å². The van der Waals surface area contributed by atoms with Gasteiger partial charge in [0.05, 0.1) is 0 Å². The van der Waals surface area contributed by atoms with Crippen LogP contribution in [-0.4, -0.2) is 20.2 Å². The van der Waals surface area contributed by atoms with Gasteiger partial charge in [-0.25, -0.2) is 0 Å². The van der Waals surface area contributed by atoms with Crippen LogP contribution in [0.5, 0.6) is 0 Å². The molecule has 0 aromatic rings. The minimum absolute atomic E-state index is 0.366. The summed E-state index contributed by atoms with van der Waals surface area (Å²) in [6.45, 7) is 2.26. The first-order chi connectivity index (χ1) is 5.41. The van der Waals surface area contributed by atoms with Crippen molar-refractivity contribution >= 4 is 20.2 Å². The van der Waals surface area contributed by atoms with Gasteiger partial charge in [0.1, 0.15) is 10.5 Å². The van der Waals surface area contributed by atoms with E-state index in [2.05, 4.69) is 6.92 Å². The van der Waals surface area contributed by atoms with Gasteiger partial charge >= 0.3 is 0 Å². The van der Waals surface area contributed by atoms with Crippen LogP contribution in [0.25, 0.3) is 0 Å². The molecule has 0 amide bonds. The van der Waals surface area contributed by atoms with Gasteiger partial charge in [-0.15, -0.1) is 0 Å². The molecular formula is C8H21OSi2. The van der Waals surface area contributed by atoms with E-state index < -0.39 is 0 Å². The summed E-state index contributed by atoms with van der Waals surface area (Å²) in [7, 11) is 1.31. The van der Waals surface area contributed by atoms with Crippen molar-refractivity contribution in [3.8, 4) is 0 Å². The van der Waals surface area contributed by atoms with Crippen LogP contribution in [-0.2, 0) is 4.12 Å². The van der Waals surface area contributed by atoms with Gasteiger partial charge in [-0.2, -0.15) is 0 Å². The first kappa shape index (κ1) is 11.4. The maximum atomic E-state index is 5.19. The normalized spacial score (nSPS) is 10.6. The highest BCUT2D eigenvalue weighted by Gasteiger charge is 1.90. The summed E-state index contributed by atoms with van der Waals surface area (Å²) in [6.07, 6.45) is 8.49. The molecule has 0 bridgehead atoms. The van der Waals surface area contributed by atoms with Crippen LogP contribution in [0.3, 0.4) is 0 Å². The fraction of sp³-hybridized carbons (Fsp3) is 1.00. The number of unbranched alkanes of at least 4 members (excludes halogenated alkanes) is 5. The molecule has 0 fully saturated rings. The Bertz CT molecular complexity index is 61.1. The molecule has 1 nitrogen and oxygen atoms in total. The summed E-state index contributed by atoms with van der Waals surface area (Å²) < 4.78 is 5.19. The summed E-state index contributed by atoms with van der Waals surface area (Å²) in [5, 5.41) is 0. The zero-order valence-electron chi connectivity index (χ0n) is 7.94. The smallest absolute Gasteiger partial charge is 0.177 e. The Hall–Kier alpha value is 0.394. The van der Waals surface area contributed by atoms with E-state index in [0.717, 1.165) is 10.5 Å². The third-order valence-corrected chi connectivity index (χ3v) is 3.82. The monoisotopic (exact) mass is 189 g/mol. The molecule has 11 heavy (non-hydrogen) atoms. The van der Waals surface area contributed by atoms with Crippen LogP contribution in [0.4, 0.5) is 0 Å². The first-order valence-corrected chi connectivity index (χ1v) is 6.86. The van der Waals surface area contributed by atoms with E-state index in [1.807, 2.05) is 0 Å². The standard InChI is InChI=1S/C8H21OSi2/c1-2-3-4-5-6-7-8-11-9-10/h11H,2-8H2,1,10H3. The summed E-state index contributed by atoms with van der Waals surface area (Å²) in [5.41, 5.74) is 0. The zero-order chi connectivity index (χ0) is 8.36. The fourth-order valence-electron chi connectivity index (χ4n) is 1.13. The van der Waals surface area contributed by atoms with Gasteiger partial charge in [-0.05, 0) is 6.04 Å². The van der Waals surface area contributed by atoms with E-state index >= 15 is 0 Å². The van der Waals surface area contributed by atoms with Gasteiger partial charge in [-0.1, -0.05) is 45.4 Å². The van der Waals surface area contributed by atoms with Gasteiger partial charge in [-0.3, -0.25) is 0 Å². The van der Waals surface area contributed by atoms with Crippen LogP contribution in [0, 0.1) is 0 Å². The van der Waals surface area contributed by atoms with Crippen LogP contribution in [0.15, 0.2) is 0 Å². The Morgan fingerprint density at radius 1 is 1.09 bits per heavy atom. The molecule has 0 aliphatic heterocycles.